The van der Waals surface area contributed by atoms with Crippen molar-refractivity contribution >= 4 is 22.5 Å². The van der Waals surface area contributed by atoms with E-state index in [1.165, 1.54) is 12.4 Å². The Morgan fingerprint density at radius 3 is 3.00 bits per heavy atom. The van der Waals surface area contributed by atoms with E-state index in [1.807, 2.05) is 0 Å². The monoisotopic (exact) mass is 198 g/mol. The highest BCUT2D eigenvalue weighted by Crippen LogP contribution is 2.21. The van der Waals surface area contributed by atoms with Crippen LogP contribution in [0.5, 0.6) is 0 Å². The molecule has 0 spiro atoms. The lowest BCUT2D eigenvalue weighted by atomic mass is 10.2. The average molecular weight is 199 g/mol. The summed E-state index contributed by atoms with van der Waals surface area (Å²) >= 11 is 5.61. The number of aromatic nitrogens is 2. The fourth-order valence-corrected chi connectivity index (χ4v) is 1.30. The van der Waals surface area contributed by atoms with E-state index in [4.69, 9.17) is 11.6 Å². The third-order valence-corrected chi connectivity index (χ3v) is 2.06. The maximum absolute atomic E-state index is 12.9. The number of nitrogens with zero attached hydrogens (tertiary/aromatic N) is 1. The molecule has 2 rings (SSSR count). The largest absolute Gasteiger partial charge is 0.313 e. The Morgan fingerprint density at radius 2 is 2.23 bits per heavy atom. The smallest absolute Gasteiger partial charge is 0.258 e. The predicted molar refractivity (Wildman–Crippen MR) is 47.3 cm³/mol. The van der Waals surface area contributed by atoms with E-state index in [-0.39, 0.29) is 21.5 Å². The minimum absolute atomic E-state index is 0.122. The molecule has 0 saturated carbocycles. The van der Waals surface area contributed by atoms with Crippen LogP contribution < -0.4 is 5.56 Å². The normalized spacial score (nSPS) is 10.6. The minimum atomic E-state index is -0.577. The van der Waals surface area contributed by atoms with Gasteiger partial charge in [0.25, 0.3) is 5.56 Å². The van der Waals surface area contributed by atoms with Crippen LogP contribution in [0.1, 0.15) is 0 Å². The molecule has 0 amide bonds. The van der Waals surface area contributed by atoms with Crippen LogP contribution in [0.15, 0.2) is 23.3 Å². The zero-order valence-electron chi connectivity index (χ0n) is 6.34. The summed E-state index contributed by atoms with van der Waals surface area (Å²) in [7, 11) is 0. The molecule has 0 bridgehead atoms. The summed E-state index contributed by atoms with van der Waals surface area (Å²) in [6.45, 7) is 0. The molecule has 3 nitrogen and oxygen atoms in total. The van der Waals surface area contributed by atoms with Gasteiger partial charge in [0, 0.05) is 0 Å². The maximum Gasteiger partial charge on any atom is 0.258 e. The van der Waals surface area contributed by atoms with Crippen molar-refractivity contribution in [1.29, 1.82) is 0 Å². The van der Waals surface area contributed by atoms with Crippen molar-refractivity contribution < 1.29 is 4.39 Å². The van der Waals surface area contributed by atoms with Crippen LogP contribution in [-0.4, -0.2) is 9.97 Å². The van der Waals surface area contributed by atoms with Gasteiger partial charge in [-0.05, 0) is 12.1 Å². The van der Waals surface area contributed by atoms with E-state index in [0.717, 1.165) is 6.07 Å². The molecule has 13 heavy (non-hydrogen) atoms. The Kier molecular flexibility index (Phi) is 1.77. The molecular weight excluding hydrogens is 195 g/mol. The van der Waals surface area contributed by atoms with Crippen LogP contribution in [0, 0.1) is 5.82 Å². The molecule has 0 aliphatic carbocycles. The van der Waals surface area contributed by atoms with Gasteiger partial charge in [-0.1, -0.05) is 11.6 Å². The summed E-state index contributed by atoms with van der Waals surface area (Å²) in [5.74, 6) is -0.577. The number of H-pyrrole nitrogens is 1. The predicted octanol–water partition coefficient (Wildman–Crippen LogP) is 1.72. The Balaban J connectivity index is 3.03. The summed E-state index contributed by atoms with van der Waals surface area (Å²) < 4.78 is 12.9. The SMILES string of the molecule is O=c1[nH]cnc2c(Cl)c(F)ccc12. The molecule has 0 aliphatic heterocycles. The van der Waals surface area contributed by atoms with Gasteiger partial charge in [0.15, 0.2) is 0 Å². The third-order valence-electron chi connectivity index (χ3n) is 1.70. The first-order valence-electron chi connectivity index (χ1n) is 3.51. The van der Waals surface area contributed by atoms with Crippen LogP contribution in [0.4, 0.5) is 4.39 Å². The summed E-state index contributed by atoms with van der Waals surface area (Å²) in [6, 6.07) is 2.49. The summed E-state index contributed by atoms with van der Waals surface area (Å²) in [6.07, 6.45) is 1.19. The lowest BCUT2D eigenvalue weighted by molar-refractivity contribution is 0.629. The van der Waals surface area contributed by atoms with Crippen LogP contribution in [0.25, 0.3) is 10.9 Å². The summed E-state index contributed by atoms with van der Waals surface area (Å²) in [5, 5.41) is 0.164. The molecular formula is C8H4ClFN2O. The molecule has 1 aromatic carbocycles. The number of aromatic amines is 1. The van der Waals surface area contributed by atoms with Gasteiger partial charge in [0.1, 0.15) is 10.8 Å². The van der Waals surface area contributed by atoms with Crippen LogP contribution in [-0.2, 0) is 0 Å². The Hall–Kier alpha value is -1.42. The van der Waals surface area contributed by atoms with Crippen molar-refractivity contribution in [3.8, 4) is 0 Å². The molecule has 2 aromatic rings. The highest BCUT2D eigenvalue weighted by atomic mass is 35.5. The summed E-state index contributed by atoms with van der Waals surface area (Å²) in [4.78, 5) is 17.3. The van der Waals surface area contributed by atoms with Gasteiger partial charge in [0.2, 0.25) is 0 Å². The molecule has 5 heteroatoms. The van der Waals surface area contributed by atoms with Crippen molar-refractivity contribution in [2.75, 3.05) is 0 Å². The van der Waals surface area contributed by atoms with E-state index in [9.17, 15) is 9.18 Å². The number of hydrogen-bond donors (Lipinski definition) is 1. The number of rotatable bonds is 0. The topological polar surface area (TPSA) is 45.8 Å². The van der Waals surface area contributed by atoms with Gasteiger partial charge < -0.3 is 4.98 Å². The number of hydrogen-bond acceptors (Lipinski definition) is 2. The van der Waals surface area contributed by atoms with Gasteiger partial charge in [-0.15, -0.1) is 0 Å². The molecule has 0 saturated heterocycles. The molecule has 0 atom stereocenters. The molecule has 0 radical (unpaired) electrons. The van der Waals surface area contributed by atoms with Crippen LogP contribution >= 0.6 is 11.6 Å². The van der Waals surface area contributed by atoms with Crippen molar-refractivity contribution in [3.63, 3.8) is 0 Å². The van der Waals surface area contributed by atoms with Crippen molar-refractivity contribution in [1.82, 2.24) is 9.97 Å². The third kappa shape index (κ3) is 1.19. The van der Waals surface area contributed by atoms with Crippen LogP contribution in [0.2, 0.25) is 5.02 Å². The van der Waals surface area contributed by atoms with Gasteiger partial charge >= 0.3 is 0 Å². The van der Waals surface area contributed by atoms with Crippen LogP contribution in [0.3, 0.4) is 0 Å². The molecule has 1 aromatic heterocycles. The van der Waals surface area contributed by atoms with Crippen molar-refractivity contribution in [3.05, 3.63) is 39.7 Å². The zero-order chi connectivity index (χ0) is 9.42. The molecule has 0 unspecified atom stereocenters. The van der Waals surface area contributed by atoms with E-state index in [0.29, 0.717) is 0 Å². The average Bonchev–Trinajstić information content (AvgIpc) is 2.12. The quantitative estimate of drug-likeness (QED) is 0.701. The molecule has 0 aliphatic rings. The van der Waals surface area contributed by atoms with Crippen molar-refractivity contribution in [2.45, 2.75) is 0 Å². The fraction of sp³-hybridized carbons (Fsp3) is 0. The standard InChI is InChI=1S/C8H4ClFN2O/c9-6-5(10)2-1-4-7(6)11-3-12-8(4)13/h1-3H,(H,11,12,13). The van der Waals surface area contributed by atoms with E-state index in [1.54, 1.807) is 0 Å². The van der Waals surface area contributed by atoms with Gasteiger partial charge in [0.05, 0.1) is 17.2 Å². The molecule has 1 heterocycles. The Bertz CT molecular complexity index is 523. The highest BCUT2D eigenvalue weighted by Gasteiger charge is 2.07. The fourth-order valence-electron chi connectivity index (χ4n) is 1.08. The Labute approximate surface area is 77.2 Å². The molecule has 1 N–H and O–H groups in total. The maximum atomic E-state index is 12.9. The second-order valence-corrected chi connectivity index (χ2v) is 2.87. The number of benzene rings is 1. The second kappa shape index (κ2) is 2.81. The highest BCUT2D eigenvalue weighted by molar-refractivity contribution is 6.35. The van der Waals surface area contributed by atoms with Crippen molar-refractivity contribution in [2.24, 2.45) is 0 Å². The first-order valence-corrected chi connectivity index (χ1v) is 3.89. The minimum Gasteiger partial charge on any atom is -0.313 e. The number of halogens is 2. The number of fused-ring (bicyclic) bond motifs is 1. The van der Waals surface area contributed by atoms with Gasteiger partial charge in [-0.25, -0.2) is 9.37 Å². The second-order valence-electron chi connectivity index (χ2n) is 2.49. The lowest BCUT2D eigenvalue weighted by Gasteiger charge is -1.98. The van der Waals surface area contributed by atoms with E-state index >= 15 is 0 Å². The van der Waals surface area contributed by atoms with E-state index in [2.05, 4.69) is 9.97 Å². The Morgan fingerprint density at radius 1 is 1.46 bits per heavy atom. The first kappa shape index (κ1) is 8.19. The number of nitrogens with one attached hydrogen (secondary N) is 1. The zero-order valence-corrected chi connectivity index (χ0v) is 7.10. The summed E-state index contributed by atoms with van der Waals surface area (Å²) in [5.41, 5.74) is -0.141. The van der Waals surface area contributed by atoms with Gasteiger partial charge in [-0.3, -0.25) is 4.79 Å². The lowest BCUT2D eigenvalue weighted by Crippen LogP contribution is -2.06. The first-order chi connectivity index (χ1) is 6.20. The molecule has 0 fully saturated rings. The van der Waals surface area contributed by atoms with E-state index < -0.39 is 5.82 Å². The van der Waals surface area contributed by atoms with Gasteiger partial charge in [-0.2, -0.15) is 0 Å². The molecule has 66 valence electrons.